The smallest absolute Gasteiger partial charge is 0.123 e. The summed E-state index contributed by atoms with van der Waals surface area (Å²) < 4.78 is 0. The van der Waals surface area contributed by atoms with E-state index in [0.29, 0.717) is 15.6 Å². The molecule has 0 saturated heterocycles. The highest BCUT2D eigenvalue weighted by Crippen LogP contribution is 2.35. The standard InChI is InChI=1S/C12H17Cl2NO/c1-2-3-4-5-10(15)12-9(14)6-8(13)7-11(12)16/h6-7,10,16H,2-5,15H2,1H3/t10-/m1/s1. The third-order valence-electron chi connectivity index (χ3n) is 2.56. The lowest BCUT2D eigenvalue weighted by atomic mass is 10.0. The Bertz CT molecular complexity index is 332. The molecule has 0 bridgehead atoms. The summed E-state index contributed by atoms with van der Waals surface area (Å²) in [7, 11) is 0. The Kier molecular flexibility index (Phi) is 5.39. The average Bonchev–Trinajstić information content (AvgIpc) is 2.16. The number of phenolic OH excluding ortho intramolecular Hbond substituents is 1. The first-order valence-corrected chi connectivity index (χ1v) is 6.25. The molecule has 0 aliphatic carbocycles. The predicted octanol–water partition coefficient (Wildman–Crippen LogP) is 4.28. The monoisotopic (exact) mass is 261 g/mol. The summed E-state index contributed by atoms with van der Waals surface area (Å²) in [6.07, 6.45) is 4.14. The molecule has 90 valence electrons. The van der Waals surface area contributed by atoms with E-state index in [1.54, 1.807) is 6.07 Å². The van der Waals surface area contributed by atoms with Crippen molar-refractivity contribution in [3.63, 3.8) is 0 Å². The van der Waals surface area contributed by atoms with Crippen molar-refractivity contribution >= 4 is 23.2 Å². The van der Waals surface area contributed by atoms with E-state index in [2.05, 4.69) is 6.92 Å². The van der Waals surface area contributed by atoms with Gasteiger partial charge in [0.05, 0.1) is 5.02 Å². The largest absolute Gasteiger partial charge is 0.508 e. The normalized spacial score (nSPS) is 12.8. The van der Waals surface area contributed by atoms with Gasteiger partial charge in [0.1, 0.15) is 5.75 Å². The molecule has 0 spiro atoms. The summed E-state index contributed by atoms with van der Waals surface area (Å²) in [4.78, 5) is 0. The van der Waals surface area contributed by atoms with E-state index >= 15 is 0 Å². The van der Waals surface area contributed by atoms with E-state index in [-0.39, 0.29) is 11.8 Å². The number of hydrogen-bond donors (Lipinski definition) is 2. The summed E-state index contributed by atoms with van der Waals surface area (Å²) in [6.45, 7) is 2.14. The predicted molar refractivity (Wildman–Crippen MR) is 69.2 cm³/mol. The zero-order valence-electron chi connectivity index (χ0n) is 9.34. The van der Waals surface area contributed by atoms with Gasteiger partial charge in [-0.25, -0.2) is 0 Å². The molecule has 0 fully saturated rings. The fourth-order valence-electron chi connectivity index (χ4n) is 1.70. The Balaban J connectivity index is 2.78. The van der Waals surface area contributed by atoms with Gasteiger partial charge in [0.25, 0.3) is 0 Å². The van der Waals surface area contributed by atoms with Crippen LogP contribution in [0.2, 0.25) is 10.0 Å². The Morgan fingerprint density at radius 1 is 1.31 bits per heavy atom. The van der Waals surface area contributed by atoms with E-state index in [4.69, 9.17) is 28.9 Å². The van der Waals surface area contributed by atoms with Gasteiger partial charge in [-0.15, -0.1) is 0 Å². The third kappa shape index (κ3) is 3.55. The maximum atomic E-state index is 9.75. The quantitative estimate of drug-likeness (QED) is 0.778. The van der Waals surface area contributed by atoms with Crippen molar-refractivity contribution in [1.82, 2.24) is 0 Å². The topological polar surface area (TPSA) is 46.2 Å². The maximum absolute atomic E-state index is 9.75. The van der Waals surface area contributed by atoms with Gasteiger partial charge in [-0.1, -0.05) is 49.4 Å². The summed E-state index contributed by atoms with van der Waals surface area (Å²) in [6, 6.07) is 2.86. The molecule has 1 atom stereocenters. The molecule has 0 heterocycles. The van der Waals surface area contributed by atoms with Gasteiger partial charge in [0.15, 0.2) is 0 Å². The number of nitrogens with two attached hydrogens (primary N) is 1. The average molecular weight is 262 g/mol. The molecule has 0 saturated carbocycles. The first kappa shape index (κ1) is 13.6. The molecule has 0 amide bonds. The number of rotatable bonds is 5. The van der Waals surface area contributed by atoms with Crippen molar-refractivity contribution in [2.75, 3.05) is 0 Å². The van der Waals surface area contributed by atoms with Crippen LogP contribution >= 0.6 is 23.2 Å². The fraction of sp³-hybridized carbons (Fsp3) is 0.500. The zero-order valence-corrected chi connectivity index (χ0v) is 10.9. The van der Waals surface area contributed by atoms with Gasteiger partial charge >= 0.3 is 0 Å². The number of benzene rings is 1. The molecule has 0 unspecified atom stereocenters. The second kappa shape index (κ2) is 6.33. The first-order chi connectivity index (χ1) is 7.56. The van der Waals surface area contributed by atoms with E-state index in [1.807, 2.05) is 0 Å². The van der Waals surface area contributed by atoms with Crippen molar-refractivity contribution in [3.8, 4) is 5.75 Å². The van der Waals surface area contributed by atoms with E-state index < -0.39 is 0 Å². The van der Waals surface area contributed by atoms with Crippen LogP contribution in [0.1, 0.15) is 44.2 Å². The SMILES string of the molecule is CCCCC[C@@H](N)c1c(O)cc(Cl)cc1Cl. The van der Waals surface area contributed by atoms with Gasteiger partial charge in [-0.3, -0.25) is 0 Å². The number of aromatic hydroxyl groups is 1. The van der Waals surface area contributed by atoms with Crippen molar-refractivity contribution in [2.24, 2.45) is 5.73 Å². The molecular weight excluding hydrogens is 245 g/mol. The molecule has 3 N–H and O–H groups in total. The van der Waals surface area contributed by atoms with Crippen LogP contribution in [0.4, 0.5) is 0 Å². The maximum Gasteiger partial charge on any atom is 0.123 e. The Hall–Kier alpha value is -0.440. The summed E-state index contributed by atoms with van der Waals surface area (Å²) in [5, 5.41) is 10.6. The van der Waals surface area contributed by atoms with Crippen LogP contribution < -0.4 is 5.73 Å². The van der Waals surface area contributed by atoms with Crippen molar-refractivity contribution in [1.29, 1.82) is 0 Å². The molecule has 0 aliphatic heterocycles. The molecular formula is C12H17Cl2NO. The van der Waals surface area contributed by atoms with Gasteiger partial charge in [0, 0.05) is 16.6 Å². The molecule has 0 radical (unpaired) electrons. The van der Waals surface area contributed by atoms with E-state index in [0.717, 1.165) is 25.7 Å². The summed E-state index contributed by atoms with van der Waals surface area (Å²) >= 11 is 11.8. The number of unbranched alkanes of at least 4 members (excludes halogenated alkanes) is 2. The van der Waals surface area contributed by atoms with Crippen molar-refractivity contribution < 1.29 is 5.11 Å². The van der Waals surface area contributed by atoms with Crippen LogP contribution in [0.5, 0.6) is 5.75 Å². The summed E-state index contributed by atoms with van der Waals surface area (Å²) in [5.41, 5.74) is 6.60. The van der Waals surface area contributed by atoms with Gasteiger partial charge in [-0.2, -0.15) is 0 Å². The molecule has 0 aromatic heterocycles. The Morgan fingerprint density at radius 2 is 2.00 bits per heavy atom. The molecule has 1 aromatic rings. The zero-order chi connectivity index (χ0) is 12.1. The minimum Gasteiger partial charge on any atom is -0.508 e. The molecule has 16 heavy (non-hydrogen) atoms. The molecule has 0 aliphatic rings. The second-order valence-electron chi connectivity index (χ2n) is 3.92. The van der Waals surface area contributed by atoms with Crippen molar-refractivity contribution in [2.45, 2.75) is 38.6 Å². The highest BCUT2D eigenvalue weighted by atomic mass is 35.5. The molecule has 4 heteroatoms. The van der Waals surface area contributed by atoms with Gasteiger partial charge in [-0.05, 0) is 18.6 Å². The second-order valence-corrected chi connectivity index (χ2v) is 4.77. The highest BCUT2D eigenvalue weighted by Gasteiger charge is 2.15. The third-order valence-corrected chi connectivity index (χ3v) is 3.09. The minimum atomic E-state index is -0.226. The van der Waals surface area contributed by atoms with Gasteiger partial charge < -0.3 is 10.8 Å². The lowest BCUT2D eigenvalue weighted by molar-refractivity contribution is 0.456. The van der Waals surface area contributed by atoms with E-state index in [9.17, 15) is 5.11 Å². The van der Waals surface area contributed by atoms with Crippen LogP contribution in [0, 0.1) is 0 Å². The number of halogens is 2. The Morgan fingerprint density at radius 3 is 2.56 bits per heavy atom. The lowest BCUT2D eigenvalue weighted by Gasteiger charge is -2.15. The number of phenols is 1. The molecule has 1 rings (SSSR count). The van der Waals surface area contributed by atoms with Crippen LogP contribution in [-0.2, 0) is 0 Å². The van der Waals surface area contributed by atoms with Crippen molar-refractivity contribution in [3.05, 3.63) is 27.7 Å². The van der Waals surface area contributed by atoms with E-state index in [1.165, 1.54) is 6.07 Å². The summed E-state index contributed by atoms with van der Waals surface area (Å²) in [5.74, 6) is 0.0847. The van der Waals surface area contributed by atoms with Crippen LogP contribution in [0.15, 0.2) is 12.1 Å². The van der Waals surface area contributed by atoms with Crippen LogP contribution in [0.3, 0.4) is 0 Å². The van der Waals surface area contributed by atoms with Crippen LogP contribution in [0.25, 0.3) is 0 Å². The molecule has 1 aromatic carbocycles. The number of hydrogen-bond acceptors (Lipinski definition) is 2. The van der Waals surface area contributed by atoms with Gasteiger partial charge in [0.2, 0.25) is 0 Å². The minimum absolute atomic E-state index is 0.0847. The lowest BCUT2D eigenvalue weighted by Crippen LogP contribution is -2.11. The Labute approximate surface area is 106 Å². The van der Waals surface area contributed by atoms with Crippen LogP contribution in [-0.4, -0.2) is 5.11 Å². The highest BCUT2D eigenvalue weighted by molar-refractivity contribution is 6.35. The first-order valence-electron chi connectivity index (χ1n) is 5.49. The fourth-order valence-corrected chi connectivity index (χ4v) is 2.32. The molecule has 2 nitrogen and oxygen atoms in total.